The SMILES string of the molecule is NC(Cc1ccccn1)c1cc(F)ccc1Cl. The van der Waals surface area contributed by atoms with Crippen LogP contribution in [-0.4, -0.2) is 4.98 Å². The Morgan fingerprint density at radius 2 is 2.12 bits per heavy atom. The Labute approximate surface area is 104 Å². The van der Waals surface area contributed by atoms with Crippen molar-refractivity contribution in [3.05, 3.63) is 64.7 Å². The Bertz CT molecular complexity index is 502. The van der Waals surface area contributed by atoms with Gasteiger partial charge in [-0.3, -0.25) is 4.98 Å². The van der Waals surface area contributed by atoms with Gasteiger partial charge in [0, 0.05) is 29.4 Å². The first kappa shape index (κ1) is 12.0. The minimum absolute atomic E-state index is 0.333. The molecule has 0 saturated carbocycles. The van der Waals surface area contributed by atoms with E-state index in [4.69, 9.17) is 17.3 Å². The first-order valence-corrected chi connectivity index (χ1v) is 5.65. The zero-order valence-electron chi connectivity index (χ0n) is 9.11. The number of pyridine rings is 1. The smallest absolute Gasteiger partial charge is 0.123 e. The molecule has 1 aromatic heterocycles. The molecule has 1 atom stereocenters. The number of nitrogens with zero attached hydrogens (tertiary/aromatic N) is 1. The highest BCUT2D eigenvalue weighted by atomic mass is 35.5. The Balaban J connectivity index is 2.20. The van der Waals surface area contributed by atoms with E-state index in [1.165, 1.54) is 18.2 Å². The molecule has 0 bridgehead atoms. The van der Waals surface area contributed by atoms with Crippen LogP contribution in [0, 0.1) is 5.82 Å². The molecule has 1 unspecified atom stereocenters. The Morgan fingerprint density at radius 3 is 2.82 bits per heavy atom. The average Bonchev–Trinajstić information content (AvgIpc) is 2.33. The molecular formula is C13H12ClFN2. The van der Waals surface area contributed by atoms with Gasteiger partial charge in [-0.1, -0.05) is 17.7 Å². The van der Waals surface area contributed by atoms with Crippen LogP contribution in [0.1, 0.15) is 17.3 Å². The maximum Gasteiger partial charge on any atom is 0.123 e. The van der Waals surface area contributed by atoms with E-state index in [0.29, 0.717) is 17.0 Å². The molecular weight excluding hydrogens is 239 g/mol. The Kier molecular flexibility index (Phi) is 3.71. The summed E-state index contributed by atoms with van der Waals surface area (Å²) in [4.78, 5) is 4.18. The van der Waals surface area contributed by atoms with E-state index in [-0.39, 0.29) is 11.9 Å². The summed E-state index contributed by atoms with van der Waals surface area (Å²) in [7, 11) is 0. The van der Waals surface area contributed by atoms with E-state index in [0.717, 1.165) is 5.69 Å². The van der Waals surface area contributed by atoms with Crippen LogP contribution < -0.4 is 5.73 Å². The van der Waals surface area contributed by atoms with Crippen molar-refractivity contribution in [2.75, 3.05) is 0 Å². The molecule has 0 aliphatic heterocycles. The molecule has 88 valence electrons. The summed E-state index contributed by atoms with van der Waals surface area (Å²) in [6.07, 6.45) is 2.24. The molecule has 0 fully saturated rings. The number of halogens is 2. The van der Waals surface area contributed by atoms with Gasteiger partial charge in [0.25, 0.3) is 0 Å². The van der Waals surface area contributed by atoms with Crippen LogP contribution in [0.4, 0.5) is 4.39 Å². The van der Waals surface area contributed by atoms with Gasteiger partial charge in [-0.25, -0.2) is 4.39 Å². The summed E-state index contributed by atoms with van der Waals surface area (Å²) in [5.41, 5.74) is 7.48. The van der Waals surface area contributed by atoms with E-state index in [1.807, 2.05) is 18.2 Å². The number of rotatable bonds is 3. The molecule has 4 heteroatoms. The Morgan fingerprint density at radius 1 is 1.29 bits per heavy atom. The van der Waals surface area contributed by atoms with Crippen molar-refractivity contribution >= 4 is 11.6 Å². The lowest BCUT2D eigenvalue weighted by Crippen LogP contribution is -2.14. The molecule has 0 aliphatic rings. The largest absolute Gasteiger partial charge is 0.324 e. The molecule has 1 aromatic carbocycles. The maximum atomic E-state index is 13.1. The van der Waals surface area contributed by atoms with Crippen LogP contribution >= 0.6 is 11.6 Å². The second kappa shape index (κ2) is 5.25. The van der Waals surface area contributed by atoms with Crippen molar-refractivity contribution in [2.45, 2.75) is 12.5 Å². The summed E-state index contributed by atoms with van der Waals surface area (Å²) < 4.78 is 13.1. The van der Waals surface area contributed by atoms with Crippen LogP contribution in [0.25, 0.3) is 0 Å². The lowest BCUT2D eigenvalue weighted by molar-refractivity contribution is 0.617. The fourth-order valence-corrected chi connectivity index (χ4v) is 1.91. The summed E-state index contributed by atoms with van der Waals surface area (Å²) in [5.74, 6) is -0.333. The van der Waals surface area contributed by atoms with E-state index in [2.05, 4.69) is 4.98 Å². The molecule has 1 heterocycles. The summed E-state index contributed by atoms with van der Waals surface area (Å²) in [6.45, 7) is 0. The highest BCUT2D eigenvalue weighted by molar-refractivity contribution is 6.31. The van der Waals surface area contributed by atoms with E-state index >= 15 is 0 Å². The van der Waals surface area contributed by atoms with E-state index < -0.39 is 0 Å². The summed E-state index contributed by atoms with van der Waals surface area (Å²) >= 11 is 5.99. The quantitative estimate of drug-likeness (QED) is 0.909. The van der Waals surface area contributed by atoms with Crippen LogP contribution in [0.3, 0.4) is 0 Å². The monoisotopic (exact) mass is 250 g/mol. The molecule has 17 heavy (non-hydrogen) atoms. The molecule has 2 rings (SSSR count). The molecule has 2 aromatic rings. The lowest BCUT2D eigenvalue weighted by atomic mass is 10.0. The minimum Gasteiger partial charge on any atom is -0.324 e. The second-order valence-electron chi connectivity index (χ2n) is 3.80. The molecule has 2 N–H and O–H groups in total. The number of benzene rings is 1. The van der Waals surface area contributed by atoms with Crippen LogP contribution in [0.15, 0.2) is 42.6 Å². The van der Waals surface area contributed by atoms with Gasteiger partial charge in [0.05, 0.1) is 0 Å². The molecule has 0 spiro atoms. The van der Waals surface area contributed by atoms with Gasteiger partial charge in [0.2, 0.25) is 0 Å². The van der Waals surface area contributed by atoms with Crippen molar-refractivity contribution in [1.29, 1.82) is 0 Å². The minimum atomic E-state index is -0.354. The van der Waals surface area contributed by atoms with Gasteiger partial charge in [0.15, 0.2) is 0 Å². The predicted octanol–water partition coefficient (Wildman–Crippen LogP) is 3.12. The van der Waals surface area contributed by atoms with Crippen LogP contribution in [0.2, 0.25) is 5.02 Å². The van der Waals surface area contributed by atoms with Gasteiger partial charge in [0.1, 0.15) is 5.82 Å². The van der Waals surface area contributed by atoms with Crippen LogP contribution in [0.5, 0.6) is 0 Å². The van der Waals surface area contributed by atoms with Gasteiger partial charge in [-0.05, 0) is 35.9 Å². The van der Waals surface area contributed by atoms with Gasteiger partial charge in [-0.15, -0.1) is 0 Å². The van der Waals surface area contributed by atoms with E-state index in [9.17, 15) is 4.39 Å². The number of hydrogen-bond acceptors (Lipinski definition) is 2. The highest BCUT2D eigenvalue weighted by Crippen LogP contribution is 2.24. The van der Waals surface area contributed by atoms with Crippen molar-refractivity contribution in [2.24, 2.45) is 5.73 Å². The lowest BCUT2D eigenvalue weighted by Gasteiger charge is -2.13. The molecule has 0 radical (unpaired) electrons. The number of hydrogen-bond donors (Lipinski definition) is 1. The first-order chi connectivity index (χ1) is 8.16. The van der Waals surface area contributed by atoms with Crippen molar-refractivity contribution in [3.8, 4) is 0 Å². The van der Waals surface area contributed by atoms with Crippen molar-refractivity contribution in [3.63, 3.8) is 0 Å². The zero-order valence-corrected chi connectivity index (χ0v) is 9.86. The molecule has 0 amide bonds. The predicted molar refractivity (Wildman–Crippen MR) is 66.3 cm³/mol. The standard InChI is InChI=1S/C13H12ClFN2/c14-12-5-4-9(15)7-11(12)13(16)8-10-3-1-2-6-17-10/h1-7,13H,8,16H2. The molecule has 2 nitrogen and oxygen atoms in total. The third-order valence-electron chi connectivity index (χ3n) is 2.51. The third kappa shape index (κ3) is 3.02. The molecule has 0 saturated heterocycles. The van der Waals surface area contributed by atoms with Crippen LogP contribution in [-0.2, 0) is 6.42 Å². The highest BCUT2D eigenvalue weighted by Gasteiger charge is 2.12. The van der Waals surface area contributed by atoms with Gasteiger partial charge in [-0.2, -0.15) is 0 Å². The second-order valence-corrected chi connectivity index (χ2v) is 4.20. The van der Waals surface area contributed by atoms with Crippen molar-refractivity contribution in [1.82, 2.24) is 4.98 Å². The molecule has 0 aliphatic carbocycles. The summed E-state index contributed by atoms with van der Waals surface area (Å²) in [6, 6.07) is 9.47. The number of aromatic nitrogens is 1. The fraction of sp³-hybridized carbons (Fsp3) is 0.154. The maximum absolute atomic E-state index is 13.1. The van der Waals surface area contributed by atoms with Crippen molar-refractivity contribution < 1.29 is 4.39 Å². The van der Waals surface area contributed by atoms with Gasteiger partial charge < -0.3 is 5.73 Å². The van der Waals surface area contributed by atoms with E-state index in [1.54, 1.807) is 6.20 Å². The summed E-state index contributed by atoms with van der Waals surface area (Å²) in [5, 5.41) is 0.481. The normalized spacial score (nSPS) is 12.4. The van der Waals surface area contributed by atoms with Gasteiger partial charge >= 0.3 is 0 Å². The third-order valence-corrected chi connectivity index (χ3v) is 2.86. The number of nitrogens with two attached hydrogens (primary N) is 1. The topological polar surface area (TPSA) is 38.9 Å². The fourth-order valence-electron chi connectivity index (χ4n) is 1.65. The average molecular weight is 251 g/mol. The Hall–Kier alpha value is -1.45. The zero-order chi connectivity index (χ0) is 12.3. The first-order valence-electron chi connectivity index (χ1n) is 5.27.